The van der Waals surface area contributed by atoms with Crippen LogP contribution in [-0.2, 0) is 16.1 Å². The molecule has 2 aliphatic heterocycles. The van der Waals surface area contributed by atoms with Crippen LogP contribution in [0.4, 0.5) is 5.69 Å². The van der Waals surface area contributed by atoms with Crippen LogP contribution in [0.5, 0.6) is 11.5 Å². The van der Waals surface area contributed by atoms with Crippen LogP contribution in [0.25, 0.3) is 0 Å². The third kappa shape index (κ3) is 3.24. The molecule has 136 valence electrons. The molecule has 3 heterocycles. The van der Waals surface area contributed by atoms with Gasteiger partial charge in [-0.05, 0) is 12.1 Å². The minimum absolute atomic E-state index is 0.0357. The van der Waals surface area contributed by atoms with Crippen molar-refractivity contribution < 1.29 is 19.1 Å². The average Bonchev–Trinajstić information content (AvgIpc) is 3.30. The van der Waals surface area contributed by atoms with E-state index in [1.54, 1.807) is 34.5 Å². The van der Waals surface area contributed by atoms with Gasteiger partial charge >= 0.3 is 0 Å². The zero-order chi connectivity index (χ0) is 18.1. The first-order valence-electron chi connectivity index (χ1n) is 8.44. The van der Waals surface area contributed by atoms with Gasteiger partial charge in [0, 0.05) is 37.1 Å². The molecular weight excluding hydrogens is 354 g/mol. The number of amides is 2. The van der Waals surface area contributed by atoms with Crippen molar-refractivity contribution in [3.63, 3.8) is 0 Å². The Morgan fingerprint density at radius 3 is 2.92 bits per heavy atom. The lowest BCUT2D eigenvalue weighted by atomic mass is 10.1. The molecule has 0 aliphatic carbocycles. The fourth-order valence-corrected chi connectivity index (χ4v) is 3.82. The Morgan fingerprint density at radius 1 is 1.35 bits per heavy atom. The Balaban J connectivity index is 1.45. The van der Waals surface area contributed by atoms with Crippen LogP contribution in [-0.4, -0.2) is 48.5 Å². The zero-order valence-corrected chi connectivity index (χ0v) is 15.2. The highest BCUT2D eigenvalue weighted by Crippen LogP contribution is 2.36. The highest BCUT2D eigenvalue weighted by Gasteiger charge is 2.37. The van der Waals surface area contributed by atoms with E-state index in [4.69, 9.17) is 9.47 Å². The first-order chi connectivity index (χ1) is 12.6. The van der Waals surface area contributed by atoms with Crippen molar-refractivity contribution in [3.8, 4) is 11.5 Å². The molecule has 0 radical (unpaired) electrons. The highest BCUT2D eigenvalue weighted by atomic mass is 32.1. The molecule has 1 aromatic carbocycles. The Morgan fingerprint density at radius 2 is 2.15 bits per heavy atom. The standard InChI is InChI=1S/C18H19N3O4S/c1-20(9-13-10-26-11-19-13)18(23)12-6-17(22)21(8-12)14-2-3-15-16(7-14)25-5-4-24-15/h2-3,7,10-12H,4-6,8-9H2,1H3/t12-/m0/s1. The van der Waals surface area contributed by atoms with Gasteiger partial charge in [0.15, 0.2) is 11.5 Å². The number of rotatable bonds is 4. The minimum Gasteiger partial charge on any atom is -0.486 e. The molecule has 0 spiro atoms. The number of carbonyl (C=O) groups is 2. The van der Waals surface area contributed by atoms with Gasteiger partial charge in [-0.25, -0.2) is 4.98 Å². The summed E-state index contributed by atoms with van der Waals surface area (Å²) in [5.74, 6) is 0.882. The van der Waals surface area contributed by atoms with Gasteiger partial charge in [-0.3, -0.25) is 9.59 Å². The molecule has 26 heavy (non-hydrogen) atoms. The van der Waals surface area contributed by atoms with Crippen LogP contribution < -0.4 is 14.4 Å². The molecule has 0 bridgehead atoms. The predicted molar refractivity (Wildman–Crippen MR) is 96.5 cm³/mol. The van der Waals surface area contributed by atoms with E-state index in [2.05, 4.69) is 4.98 Å². The van der Waals surface area contributed by atoms with Crippen molar-refractivity contribution in [2.45, 2.75) is 13.0 Å². The summed E-state index contributed by atoms with van der Waals surface area (Å²) in [6.45, 7) is 1.85. The second-order valence-corrected chi connectivity index (χ2v) is 7.13. The maximum absolute atomic E-state index is 12.7. The first kappa shape index (κ1) is 16.8. The van der Waals surface area contributed by atoms with Gasteiger partial charge < -0.3 is 19.3 Å². The van der Waals surface area contributed by atoms with Gasteiger partial charge in [0.2, 0.25) is 11.8 Å². The van der Waals surface area contributed by atoms with Crippen molar-refractivity contribution in [1.82, 2.24) is 9.88 Å². The molecule has 2 amide bonds. The molecule has 0 unspecified atom stereocenters. The van der Waals surface area contributed by atoms with Gasteiger partial charge in [-0.15, -0.1) is 11.3 Å². The minimum atomic E-state index is -0.348. The van der Waals surface area contributed by atoms with E-state index in [9.17, 15) is 9.59 Å². The van der Waals surface area contributed by atoms with Crippen molar-refractivity contribution in [2.75, 3.05) is 31.7 Å². The third-order valence-corrected chi connectivity index (χ3v) is 5.21. The van der Waals surface area contributed by atoms with Crippen LogP contribution in [0.1, 0.15) is 12.1 Å². The summed E-state index contributed by atoms with van der Waals surface area (Å²) in [5, 5.41) is 1.92. The van der Waals surface area contributed by atoms with Crippen LogP contribution in [0.15, 0.2) is 29.1 Å². The number of hydrogen-bond acceptors (Lipinski definition) is 6. The van der Waals surface area contributed by atoms with Crippen LogP contribution in [0, 0.1) is 5.92 Å². The summed E-state index contributed by atoms with van der Waals surface area (Å²) >= 11 is 1.50. The van der Waals surface area contributed by atoms with Gasteiger partial charge in [0.1, 0.15) is 13.2 Å². The highest BCUT2D eigenvalue weighted by molar-refractivity contribution is 7.07. The topological polar surface area (TPSA) is 72.0 Å². The SMILES string of the molecule is CN(Cc1cscn1)C(=O)[C@H]1CC(=O)N(c2ccc3c(c2)OCCO3)C1. The van der Waals surface area contributed by atoms with Gasteiger partial charge in [-0.1, -0.05) is 0 Å². The van der Waals surface area contributed by atoms with Crippen LogP contribution in [0.2, 0.25) is 0 Å². The van der Waals surface area contributed by atoms with E-state index in [1.807, 2.05) is 11.4 Å². The molecule has 2 aromatic rings. The summed E-state index contributed by atoms with van der Waals surface area (Å²) in [6, 6.07) is 5.44. The molecule has 1 atom stereocenters. The monoisotopic (exact) mass is 373 g/mol. The van der Waals surface area contributed by atoms with E-state index in [1.165, 1.54) is 11.3 Å². The fourth-order valence-electron chi connectivity index (χ4n) is 3.27. The Labute approximate surface area is 155 Å². The summed E-state index contributed by atoms with van der Waals surface area (Å²) in [6.07, 6.45) is 0.217. The summed E-state index contributed by atoms with van der Waals surface area (Å²) in [4.78, 5) is 32.7. The molecule has 8 heteroatoms. The molecule has 4 rings (SSSR count). The number of nitrogens with zero attached hydrogens (tertiary/aromatic N) is 3. The number of fused-ring (bicyclic) bond motifs is 1. The number of ether oxygens (including phenoxy) is 2. The number of aromatic nitrogens is 1. The van der Waals surface area contributed by atoms with Crippen LogP contribution in [0.3, 0.4) is 0 Å². The van der Waals surface area contributed by atoms with E-state index in [0.717, 1.165) is 11.4 Å². The molecule has 1 fully saturated rings. The van der Waals surface area contributed by atoms with E-state index in [0.29, 0.717) is 37.8 Å². The van der Waals surface area contributed by atoms with Gasteiger partial charge in [0.25, 0.3) is 0 Å². The molecule has 0 saturated carbocycles. The van der Waals surface area contributed by atoms with E-state index >= 15 is 0 Å². The smallest absolute Gasteiger partial charge is 0.228 e. The second-order valence-electron chi connectivity index (χ2n) is 6.41. The van der Waals surface area contributed by atoms with Crippen molar-refractivity contribution in [2.24, 2.45) is 5.92 Å². The number of hydrogen-bond donors (Lipinski definition) is 0. The van der Waals surface area contributed by atoms with E-state index < -0.39 is 0 Å². The Kier molecular flexibility index (Phi) is 4.50. The van der Waals surface area contributed by atoms with Crippen molar-refractivity contribution in [1.29, 1.82) is 0 Å². The normalized spacial score (nSPS) is 18.9. The Bertz CT molecular complexity index is 824. The summed E-state index contributed by atoms with van der Waals surface area (Å²) in [5.41, 5.74) is 3.34. The predicted octanol–water partition coefficient (Wildman–Crippen LogP) is 1.93. The summed E-state index contributed by atoms with van der Waals surface area (Å²) in [7, 11) is 1.75. The molecular formula is C18H19N3O4S. The lowest BCUT2D eigenvalue weighted by Crippen LogP contribution is -2.34. The third-order valence-electron chi connectivity index (χ3n) is 4.57. The average molecular weight is 373 g/mol. The first-order valence-corrected chi connectivity index (χ1v) is 9.38. The Hall–Kier alpha value is -2.61. The number of carbonyl (C=O) groups excluding carboxylic acids is 2. The molecule has 1 aromatic heterocycles. The number of benzene rings is 1. The molecule has 0 N–H and O–H groups in total. The molecule has 1 saturated heterocycles. The zero-order valence-electron chi connectivity index (χ0n) is 14.4. The lowest BCUT2D eigenvalue weighted by Gasteiger charge is -2.23. The second kappa shape index (κ2) is 6.95. The number of anilines is 1. The largest absolute Gasteiger partial charge is 0.486 e. The quantitative estimate of drug-likeness (QED) is 0.819. The van der Waals surface area contributed by atoms with Gasteiger partial charge in [0.05, 0.1) is 23.7 Å². The van der Waals surface area contributed by atoms with Crippen LogP contribution >= 0.6 is 11.3 Å². The molecule has 2 aliphatic rings. The number of thiazole rings is 1. The lowest BCUT2D eigenvalue weighted by molar-refractivity contribution is -0.135. The maximum Gasteiger partial charge on any atom is 0.228 e. The van der Waals surface area contributed by atoms with E-state index in [-0.39, 0.29) is 24.2 Å². The summed E-state index contributed by atoms with van der Waals surface area (Å²) < 4.78 is 11.1. The van der Waals surface area contributed by atoms with Crippen molar-refractivity contribution in [3.05, 3.63) is 34.8 Å². The maximum atomic E-state index is 12.7. The fraction of sp³-hybridized carbons (Fsp3) is 0.389. The van der Waals surface area contributed by atoms with Gasteiger partial charge in [-0.2, -0.15) is 0 Å². The molecule has 7 nitrogen and oxygen atoms in total. The van der Waals surface area contributed by atoms with Crippen molar-refractivity contribution >= 4 is 28.8 Å².